The lowest BCUT2D eigenvalue weighted by Crippen LogP contribution is -2.12. The number of pyridine rings is 2. The van der Waals surface area contributed by atoms with E-state index in [9.17, 15) is 0 Å². The van der Waals surface area contributed by atoms with Crippen molar-refractivity contribution >= 4 is 7.69 Å². The van der Waals surface area contributed by atoms with Crippen LogP contribution in [0.5, 0.6) is 23.3 Å². The van der Waals surface area contributed by atoms with Crippen LogP contribution >= 0.6 is 0 Å². The van der Waals surface area contributed by atoms with Crippen molar-refractivity contribution in [2.45, 2.75) is 13.8 Å². The van der Waals surface area contributed by atoms with E-state index in [2.05, 4.69) is 9.97 Å². The maximum absolute atomic E-state index is 5.43. The summed E-state index contributed by atoms with van der Waals surface area (Å²) in [6.45, 7) is 3.79. The van der Waals surface area contributed by atoms with Crippen molar-refractivity contribution in [3.05, 3.63) is 35.7 Å². The summed E-state index contributed by atoms with van der Waals surface area (Å²) >= 11 is 0. The fourth-order valence-electron chi connectivity index (χ4n) is 1.63. The van der Waals surface area contributed by atoms with E-state index < -0.39 is 0 Å². The quantitative estimate of drug-likeness (QED) is 0.758. The second kappa shape index (κ2) is 6.83. The van der Waals surface area contributed by atoms with Crippen LogP contribution in [-0.2, 0) is 0 Å². The first-order valence-corrected chi connectivity index (χ1v) is 6.30. The van der Waals surface area contributed by atoms with Crippen LogP contribution in [0.3, 0.4) is 0 Å². The molecule has 0 aliphatic rings. The Morgan fingerprint density at radius 1 is 0.810 bits per heavy atom. The number of nitrogens with zero attached hydrogens (tertiary/aromatic N) is 2. The van der Waals surface area contributed by atoms with Gasteiger partial charge >= 0.3 is 7.69 Å². The largest absolute Gasteiger partial charge is 0.658 e. The van der Waals surface area contributed by atoms with Crippen LogP contribution in [0.15, 0.2) is 24.5 Å². The van der Waals surface area contributed by atoms with Crippen molar-refractivity contribution < 1.29 is 18.8 Å². The molecule has 6 nitrogen and oxygen atoms in total. The number of hydrogen-bond acceptors (Lipinski definition) is 6. The van der Waals surface area contributed by atoms with Gasteiger partial charge in [0.05, 0.1) is 26.6 Å². The van der Waals surface area contributed by atoms with Crippen LogP contribution < -0.4 is 18.8 Å². The predicted molar refractivity (Wildman–Crippen MR) is 78.1 cm³/mol. The minimum atomic E-state index is 0.538. The smallest absolute Gasteiger partial charge is 0.525 e. The molecule has 0 fully saturated rings. The zero-order valence-electron chi connectivity index (χ0n) is 12.4. The zero-order valence-corrected chi connectivity index (χ0v) is 12.4. The van der Waals surface area contributed by atoms with Crippen molar-refractivity contribution in [3.63, 3.8) is 0 Å². The van der Waals surface area contributed by atoms with Crippen LogP contribution in [0.4, 0.5) is 0 Å². The van der Waals surface area contributed by atoms with Crippen LogP contribution in [-0.4, -0.2) is 31.9 Å². The minimum Gasteiger partial charge on any atom is -0.525 e. The van der Waals surface area contributed by atoms with Gasteiger partial charge in [-0.15, -0.1) is 0 Å². The molecule has 2 rings (SSSR count). The lowest BCUT2D eigenvalue weighted by atomic mass is 10.2. The van der Waals surface area contributed by atoms with Gasteiger partial charge in [-0.3, -0.25) is 0 Å². The highest BCUT2D eigenvalue weighted by Crippen LogP contribution is 2.22. The first kappa shape index (κ1) is 15.0. The summed E-state index contributed by atoms with van der Waals surface area (Å²) in [4.78, 5) is 8.14. The van der Waals surface area contributed by atoms with Crippen molar-refractivity contribution in [2.75, 3.05) is 14.2 Å². The maximum Gasteiger partial charge on any atom is 0.658 e. The number of rotatable bonds is 6. The Labute approximate surface area is 124 Å². The summed E-state index contributed by atoms with van der Waals surface area (Å²) in [6, 6.07) is 3.56. The summed E-state index contributed by atoms with van der Waals surface area (Å²) in [5.41, 5.74) is 1.79. The van der Waals surface area contributed by atoms with Gasteiger partial charge in [-0.2, -0.15) is 0 Å². The number of aryl methyl sites for hydroxylation is 2. The molecule has 0 amide bonds. The molecule has 2 aromatic heterocycles. The Kier molecular flexibility index (Phi) is 4.87. The molecule has 0 atom stereocenters. The summed E-state index contributed by atoms with van der Waals surface area (Å²) in [6.07, 6.45) is 3.15. The number of aromatic nitrogens is 2. The first-order valence-electron chi connectivity index (χ1n) is 6.30. The average molecular weight is 287 g/mol. The third-order valence-corrected chi connectivity index (χ3v) is 2.84. The molecular weight excluding hydrogens is 271 g/mol. The second-order valence-electron chi connectivity index (χ2n) is 4.32. The molecule has 0 aromatic carbocycles. The molecule has 0 N–H and O–H groups in total. The van der Waals surface area contributed by atoms with Gasteiger partial charge in [0.2, 0.25) is 11.8 Å². The maximum atomic E-state index is 5.43. The average Bonchev–Trinajstić information content (AvgIpc) is 2.50. The van der Waals surface area contributed by atoms with E-state index in [4.69, 9.17) is 18.8 Å². The zero-order chi connectivity index (χ0) is 15.2. The van der Waals surface area contributed by atoms with E-state index in [1.54, 1.807) is 38.7 Å². The highest BCUT2D eigenvalue weighted by molar-refractivity contribution is 6.20. The molecule has 109 valence electrons. The number of hydrogen-bond donors (Lipinski definition) is 0. The van der Waals surface area contributed by atoms with Crippen molar-refractivity contribution in [2.24, 2.45) is 0 Å². The SMILES string of the molecule is COc1cc(C)c(O[B]Oc2cnc(OC)cc2C)cn1. The number of methoxy groups -OCH3 is 2. The lowest BCUT2D eigenvalue weighted by Gasteiger charge is -2.11. The van der Waals surface area contributed by atoms with Crippen molar-refractivity contribution in [1.82, 2.24) is 9.97 Å². The molecule has 2 heterocycles. The summed E-state index contributed by atoms with van der Waals surface area (Å²) in [7, 11) is 4.38. The third kappa shape index (κ3) is 3.78. The molecule has 7 heteroatoms. The summed E-state index contributed by atoms with van der Waals surface area (Å²) in [5.74, 6) is 2.26. The van der Waals surface area contributed by atoms with E-state index in [1.807, 2.05) is 13.8 Å². The molecule has 0 saturated heterocycles. The van der Waals surface area contributed by atoms with Crippen molar-refractivity contribution in [3.8, 4) is 23.3 Å². The second-order valence-corrected chi connectivity index (χ2v) is 4.32. The minimum absolute atomic E-state index is 0.538. The highest BCUT2D eigenvalue weighted by atomic mass is 16.6. The standard InChI is InChI=1S/C14H16BN2O4/c1-9-5-13(18-3)16-7-11(9)20-15-21-12-8-17-14(19-4)6-10(12)2/h5-8H,1-4H3. The van der Waals surface area contributed by atoms with Crippen LogP contribution in [0.25, 0.3) is 0 Å². The Bertz CT molecular complexity index is 568. The van der Waals surface area contributed by atoms with E-state index in [1.165, 1.54) is 7.69 Å². The van der Waals surface area contributed by atoms with Crippen molar-refractivity contribution in [1.29, 1.82) is 0 Å². The van der Waals surface area contributed by atoms with Gasteiger partial charge in [0.15, 0.2) is 0 Å². The Morgan fingerprint density at radius 3 is 1.57 bits per heavy atom. The fourth-order valence-corrected chi connectivity index (χ4v) is 1.63. The van der Waals surface area contributed by atoms with E-state index in [0.29, 0.717) is 23.3 Å². The van der Waals surface area contributed by atoms with Gasteiger partial charge in [0.25, 0.3) is 0 Å². The lowest BCUT2D eigenvalue weighted by molar-refractivity contribution is 0.392. The molecule has 0 aliphatic heterocycles. The van der Waals surface area contributed by atoms with Crippen LogP contribution in [0.1, 0.15) is 11.1 Å². The Hall–Kier alpha value is -2.44. The molecule has 21 heavy (non-hydrogen) atoms. The van der Waals surface area contributed by atoms with Gasteiger partial charge in [-0.1, -0.05) is 0 Å². The number of ether oxygens (including phenoxy) is 2. The van der Waals surface area contributed by atoms with Crippen LogP contribution in [0, 0.1) is 13.8 Å². The van der Waals surface area contributed by atoms with E-state index in [-0.39, 0.29) is 0 Å². The van der Waals surface area contributed by atoms with E-state index in [0.717, 1.165) is 11.1 Å². The molecule has 1 radical (unpaired) electrons. The molecule has 0 bridgehead atoms. The molecule has 0 aliphatic carbocycles. The third-order valence-electron chi connectivity index (χ3n) is 2.84. The topological polar surface area (TPSA) is 62.7 Å². The highest BCUT2D eigenvalue weighted by Gasteiger charge is 2.09. The van der Waals surface area contributed by atoms with Gasteiger partial charge in [0, 0.05) is 12.1 Å². The van der Waals surface area contributed by atoms with Gasteiger partial charge < -0.3 is 18.8 Å². The van der Waals surface area contributed by atoms with Gasteiger partial charge in [-0.25, -0.2) is 9.97 Å². The summed E-state index contributed by atoms with van der Waals surface area (Å²) < 4.78 is 20.9. The molecular formula is C14H16BN2O4. The predicted octanol–water partition coefficient (Wildman–Crippen LogP) is 2.10. The molecule has 0 unspecified atom stereocenters. The first-order chi connectivity index (χ1) is 10.1. The van der Waals surface area contributed by atoms with Gasteiger partial charge in [-0.05, 0) is 25.0 Å². The van der Waals surface area contributed by atoms with E-state index >= 15 is 0 Å². The normalized spacial score (nSPS) is 9.90. The van der Waals surface area contributed by atoms with Gasteiger partial charge in [0.1, 0.15) is 11.5 Å². The summed E-state index contributed by atoms with van der Waals surface area (Å²) in [5, 5.41) is 0. The monoisotopic (exact) mass is 287 g/mol. The molecule has 0 saturated carbocycles. The molecule has 0 spiro atoms. The molecule has 2 aromatic rings. The fraction of sp³-hybridized carbons (Fsp3) is 0.286. The van der Waals surface area contributed by atoms with Crippen LogP contribution in [0.2, 0.25) is 0 Å². The Balaban J connectivity index is 1.95. The Morgan fingerprint density at radius 2 is 1.24 bits per heavy atom.